The Labute approximate surface area is 68.1 Å². The van der Waals surface area contributed by atoms with Crippen molar-refractivity contribution in [2.75, 3.05) is 5.73 Å². The lowest BCUT2D eigenvalue weighted by Gasteiger charge is -2.04. The van der Waals surface area contributed by atoms with Crippen LogP contribution in [0.25, 0.3) is 0 Å². The highest BCUT2D eigenvalue weighted by Gasteiger charge is 2.23. The highest BCUT2D eigenvalue weighted by atomic mass is 15.6. The van der Waals surface area contributed by atoms with Crippen molar-refractivity contribution in [1.82, 2.24) is 31.3 Å². The number of aromatic amines is 1. The van der Waals surface area contributed by atoms with E-state index >= 15 is 0 Å². The molecule has 1 aliphatic rings. The number of nitrogens with one attached hydrogen (secondary N) is 4. The fourth-order valence-electron chi connectivity index (χ4n) is 1.00. The van der Waals surface area contributed by atoms with Gasteiger partial charge in [0.25, 0.3) is 0 Å². The molecule has 2 unspecified atom stereocenters. The molecule has 8 nitrogen and oxygen atoms in total. The predicted octanol–water partition coefficient (Wildman–Crippen LogP) is -2.67. The number of nitrogens with two attached hydrogens (primary N) is 2. The molecule has 12 heavy (non-hydrogen) atoms. The standard InChI is InChI=1S/C4H10N8/c5-3-7-1(9-11-3)2-8-4(6)12-10-2/h1,3,7,9,11H,5H2,(H3,6,8,10,12). The Kier molecular flexibility index (Phi) is 1.66. The van der Waals surface area contributed by atoms with E-state index in [0.717, 1.165) is 0 Å². The maximum atomic E-state index is 5.49. The summed E-state index contributed by atoms with van der Waals surface area (Å²) in [4.78, 5) is 3.92. The van der Waals surface area contributed by atoms with Crippen LogP contribution >= 0.6 is 0 Å². The summed E-state index contributed by atoms with van der Waals surface area (Å²) in [6.45, 7) is 0. The zero-order valence-electron chi connectivity index (χ0n) is 6.20. The first-order valence-electron chi connectivity index (χ1n) is 3.46. The van der Waals surface area contributed by atoms with E-state index in [1.54, 1.807) is 0 Å². The third kappa shape index (κ3) is 1.23. The summed E-state index contributed by atoms with van der Waals surface area (Å²) in [6, 6.07) is 0. The molecule has 0 bridgehead atoms. The first-order valence-corrected chi connectivity index (χ1v) is 3.46. The van der Waals surface area contributed by atoms with Gasteiger partial charge in [-0.25, -0.2) is 10.9 Å². The molecule has 2 atom stereocenters. The third-order valence-electron chi connectivity index (χ3n) is 1.52. The topological polar surface area (TPSA) is 130 Å². The molecule has 1 fully saturated rings. The monoisotopic (exact) mass is 170 g/mol. The molecule has 1 aromatic rings. The van der Waals surface area contributed by atoms with Crippen LogP contribution in [0.4, 0.5) is 5.95 Å². The Bertz CT molecular complexity index is 268. The lowest BCUT2D eigenvalue weighted by Crippen LogP contribution is -2.41. The van der Waals surface area contributed by atoms with Crippen LogP contribution in [0.15, 0.2) is 0 Å². The molecule has 8 heteroatoms. The highest BCUT2D eigenvalue weighted by molar-refractivity contribution is 5.14. The van der Waals surface area contributed by atoms with Crippen LogP contribution in [0.3, 0.4) is 0 Å². The van der Waals surface area contributed by atoms with Crippen molar-refractivity contribution in [2.45, 2.75) is 12.5 Å². The number of hydrogen-bond donors (Lipinski definition) is 6. The molecule has 1 saturated heterocycles. The fraction of sp³-hybridized carbons (Fsp3) is 0.500. The van der Waals surface area contributed by atoms with Crippen molar-refractivity contribution in [3.05, 3.63) is 5.82 Å². The van der Waals surface area contributed by atoms with Crippen LogP contribution in [0.2, 0.25) is 0 Å². The molecule has 2 heterocycles. The van der Waals surface area contributed by atoms with Crippen molar-refractivity contribution in [3.63, 3.8) is 0 Å². The van der Waals surface area contributed by atoms with E-state index in [1.807, 2.05) is 0 Å². The van der Waals surface area contributed by atoms with Crippen LogP contribution in [0.5, 0.6) is 0 Å². The van der Waals surface area contributed by atoms with Gasteiger partial charge < -0.3 is 11.5 Å². The van der Waals surface area contributed by atoms with Crippen LogP contribution < -0.4 is 27.6 Å². The van der Waals surface area contributed by atoms with Gasteiger partial charge in [-0.15, -0.1) is 5.10 Å². The number of nitrogen functional groups attached to an aromatic ring is 1. The van der Waals surface area contributed by atoms with Gasteiger partial charge in [-0.1, -0.05) is 0 Å². The summed E-state index contributed by atoms with van der Waals surface area (Å²) < 4.78 is 0. The molecule has 0 radical (unpaired) electrons. The van der Waals surface area contributed by atoms with Crippen molar-refractivity contribution in [2.24, 2.45) is 5.73 Å². The van der Waals surface area contributed by atoms with Crippen molar-refractivity contribution in [3.8, 4) is 0 Å². The SMILES string of the molecule is Nc1n[nH]c(C2NNC(N)N2)n1. The van der Waals surface area contributed by atoms with E-state index in [9.17, 15) is 0 Å². The van der Waals surface area contributed by atoms with E-state index in [4.69, 9.17) is 11.5 Å². The number of anilines is 1. The van der Waals surface area contributed by atoms with Crippen LogP contribution in [-0.2, 0) is 0 Å². The lowest BCUT2D eigenvalue weighted by atomic mass is 10.5. The van der Waals surface area contributed by atoms with Gasteiger partial charge in [0.05, 0.1) is 0 Å². The quantitative estimate of drug-likeness (QED) is 0.271. The van der Waals surface area contributed by atoms with Gasteiger partial charge in [0.15, 0.2) is 5.82 Å². The first-order chi connectivity index (χ1) is 5.75. The van der Waals surface area contributed by atoms with Gasteiger partial charge in [0.1, 0.15) is 12.5 Å². The Morgan fingerprint density at radius 2 is 2.17 bits per heavy atom. The van der Waals surface area contributed by atoms with Crippen molar-refractivity contribution >= 4 is 5.95 Å². The largest absolute Gasteiger partial charge is 0.367 e. The minimum absolute atomic E-state index is 0.176. The molecule has 0 aliphatic carbocycles. The van der Waals surface area contributed by atoms with E-state index in [1.165, 1.54) is 0 Å². The molecule has 1 aliphatic heterocycles. The maximum Gasteiger partial charge on any atom is 0.239 e. The number of aromatic nitrogens is 3. The van der Waals surface area contributed by atoms with Gasteiger partial charge in [-0.2, -0.15) is 4.98 Å². The number of H-pyrrole nitrogens is 1. The molecular formula is C4H10N8. The Hall–Kier alpha value is -1.22. The molecule has 2 rings (SSSR count). The van der Waals surface area contributed by atoms with Gasteiger partial charge in [0.2, 0.25) is 5.95 Å². The first kappa shape index (κ1) is 7.43. The minimum atomic E-state index is -0.290. The summed E-state index contributed by atoms with van der Waals surface area (Å²) >= 11 is 0. The Balaban J connectivity index is 2.11. The molecule has 0 saturated carbocycles. The van der Waals surface area contributed by atoms with Gasteiger partial charge in [-0.3, -0.25) is 10.4 Å². The van der Waals surface area contributed by atoms with Gasteiger partial charge in [-0.05, 0) is 0 Å². The predicted molar refractivity (Wildman–Crippen MR) is 40.9 cm³/mol. The van der Waals surface area contributed by atoms with Crippen molar-refractivity contribution in [1.29, 1.82) is 0 Å². The maximum absolute atomic E-state index is 5.49. The smallest absolute Gasteiger partial charge is 0.239 e. The van der Waals surface area contributed by atoms with Gasteiger partial charge in [0, 0.05) is 0 Å². The van der Waals surface area contributed by atoms with E-state index < -0.39 is 0 Å². The molecule has 0 spiro atoms. The Morgan fingerprint density at radius 1 is 1.33 bits per heavy atom. The zero-order valence-corrected chi connectivity index (χ0v) is 6.20. The summed E-state index contributed by atoms with van der Waals surface area (Å²) in [5.41, 5.74) is 16.4. The molecule has 1 aromatic heterocycles. The van der Waals surface area contributed by atoms with Crippen molar-refractivity contribution < 1.29 is 0 Å². The van der Waals surface area contributed by atoms with E-state index in [-0.39, 0.29) is 18.4 Å². The average molecular weight is 170 g/mol. The zero-order chi connectivity index (χ0) is 8.55. The minimum Gasteiger partial charge on any atom is -0.367 e. The van der Waals surface area contributed by atoms with Gasteiger partial charge >= 0.3 is 0 Å². The van der Waals surface area contributed by atoms with Crippen LogP contribution in [0, 0.1) is 0 Å². The summed E-state index contributed by atoms with van der Waals surface area (Å²) in [5, 5.41) is 9.29. The summed E-state index contributed by atoms with van der Waals surface area (Å²) in [7, 11) is 0. The second-order valence-corrected chi connectivity index (χ2v) is 2.44. The highest BCUT2D eigenvalue weighted by Crippen LogP contribution is 2.06. The molecule has 66 valence electrons. The van der Waals surface area contributed by atoms with E-state index in [0.29, 0.717) is 5.82 Å². The molecule has 8 N–H and O–H groups in total. The summed E-state index contributed by atoms with van der Waals surface area (Å²) in [5.74, 6) is 0.821. The normalized spacial score (nSPS) is 29.4. The molecule has 0 aromatic carbocycles. The second-order valence-electron chi connectivity index (χ2n) is 2.44. The average Bonchev–Trinajstić information content (AvgIpc) is 2.58. The third-order valence-corrected chi connectivity index (χ3v) is 1.52. The summed E-state index contributed by atoms with van der Waals surface area (Å²) in [6.07, 6.45) is -0.467. The lowest BCUT2D eigenvalue weighted by molar-refractivity contribution is 0.524. The molecular weight excluding hydrogens is 160 g/mol. The number of rotatable bonds is 1. The van der Waals surface area contributed by atoms with Crippen LogP contribution in [-0.4, -0.2) is 21.5 Å². The Morgan fingerprint density at radius 3 is 2.67 bits per heavy atom. The number of nitrogens with zero attached hydrogens (tertiary/aromatic N) is 2. The second kappa shape index (κ2) is 2.68. The van der Waals surface area contributed by atoms with Crippen LogP contribution in [0.1, 0.15) is 12.0 Å². The number of hydrazine groups is 1. The fourth-order valence-corrected chi connectivity index (χ4v) is 1.00. The molecule has 0 amide bonds. The van der Waals surface area contributed by atoms with E-state index in [2.05, 4.69) is 31.3 Å². The number of hydrogen-bond acceptors (Lipinski definition) is 7.